The summed E-state index contributed by atoms with van der Waals surface area (Å²) >= 11 is 0. The van der Waals surface area contributed by atoms with E-state index in [1.807, 2.05) is 12.1 Å². The molecule has 2 aliphatic heterocycles. The standard InChI is InChI=1S/C24H28N2O5/c1-4-25-10-12-26(13-11-25)15-18-19(27)9-8-17-22(28)21(31-24(17)18)14-16-6-5-7-20(29-2)23(16)30-3/h5-9,14,27H,4,10-13,15H2,1-3H3/b21-14-. The van der Waals surface area contributed by atoms with Crippen LogP contribution >= 0.6 is 0 Å². The number of ketones is 1. The Labute approximate surface area is 182 Å². The molecule has 2 aromatic carbocycles. The number of quaternary nitrogens is 1. The first kappa shape index (κ1) is 21.2. The first-order chi connectivity index (χ1) is 15.0. The molecule has 0 aromatic heterocycles. The number of para-hydroxylation sites is 1. The van der Waals surface area contributed by atoms with E-state index in [-0.39, 0.29) is 17.3 Å². The Hall–Kier alpha value is -3.03. The average Bonchev–Trinajstić information content (AvgIpc) is 3.11. The number of rotatable bonds is 6. The molecule has 0 saturated carbocycles. The summed E-state index contributed by atoms with van der Waals surface area (Å²) in [7, 11) is 3.11. The fourth-order valence-electron chi connectivity index (χ4n) is 4.24. The predicted octanol–water partition coefficient (Wildman–Crippen LogP) is 1.11. The van der Waals surface area contributed by atoms with Crippen LogP contribution in [0.4, 0.5) is 0 Å². The molecule has 7 nitrogen and oxygen atoms in total. The van der Waals surface area contributed by atoms with E-state index in [1.54, 1.807) is 32.4 Å². The van der Waals surface area contributed by atoms with Gasteiger partial charge in [-0.25, -0.2) is 0 Å². The number of ether oxygens (including phenoxy) is 3. The van der Waals surface area contributed by atoms with Crippen LogP contribution in [0.15, 0.2) is 36.1 Å². The van der Waals surface area contributed by atoms with Crippen molar-refractivity contribution in [2.45, 2.75) is 13.5 Å². The fraction of sp³-hybridized carbons (Fsp3) is 0.375. The summed E-state index contributed by atoms with van der Waals surface area (Å²) in [5.41, 5.74) is 1.68. The first-order valence-corrected chi connectivity index (χ1v) is 10.6. The Kier molecular flexibility index (Phi) is 6.15. The van der Waals surface area contributed by atoms with Crippen LogP contribution in [0.1, 0.15) is 28.4 Å². The van der Waals surface area contributed by atoms with Crippen LogP contribution in [-0.2, 0) is 6.54 Å². The highest BCUT2D eigenvalue weighted by Gasteiger charge is 2.32. The lowest BCUT2D eigenvalue weighted by molar-refractivity contribution is -0.918. The van der Waals surface area contributed by atoms with Gasteiger partial charge in [-0.15, -0.1) is 0 Å². The van der Waals surface area contributed by atoms with Gasteiger partial charge in [0.1, 0.15) is 12.3 Å². The maximum Gasteiger partial charge on any atom is 0.231 e. The summed E-state index contributed by atoms with van der Waals surface area (Å²) in [6, 6.07) is 8.48. The highest BCUT2D eigenvalue weighted by atomic mass is 16.5. The highest BCUT2D eigenvalue weighted by Crippen LogP contribution is 2.39. The molecule has 0 atom stereocenters. The zero-order valence-electron chi connectivity index (χ0n) is 18.2. The predicted molar refractivity (Wildman–Crippen MR) is 115 cm³/mol. The van der Waals surface area contributed by atoms with Gasteiger partial charge < -0.3 is 24.2 Å². The second-order valence-corrected chi connectivity index (χ2v) is 7.80. The van der Waals surface area contributed by atoms with Gasteiger partial charge in [-0.3, -0.25) is 9.69 Å². The maximum absolute atomic E-state index is 13.0. The van der Waals surface area contributed by atoms with Crippen LogP contribution < -0.4 is 24.2 Å². The minimum Gasteiger partial charge on any atom is -0.872 e. The third-order valence-corrected chi connectivity index (χ3v) is 6.06. The second-order valence-electron chi connectivity index (χ2n) is 7.80. The topological polar surface area (TPSA) is 75.5 Å². The highest BCUT2D eigenvalue weighted by molar-refractivity contribution is 6.15. The monoisotopic (exact) mass is 424 g/mol. The van der Waals surface area contributed by atoms with Crippen molar-refractivity contribution in [2.24, 2.45) is 0 Å². The molecule has 164 valence electrons. The molecule has 0 spiro atoms. The van der Waals surface area contributed by atoms with E-state index in [0.717, 1.165) is 32.7 Å². The molecule has 2 aliphatic rings. The van der Waals surface area contributed by atoms with Crippen LogP contribution in [-0.4, -0.2) is 57.6 Å². The molecule has 0 amide bonds. The van der Waals surface area contributed by atoms with Gasteiger partial charge in [-0.2, -0.15) is 0 Å². The van der Waals surface area contributed by atoms with Gasteiger partial charge in [-0.05, 0) is 24.8 Å². The molecular formula is C24H28N2O5. The number of fused-ring (bicyclic) bond motifs is 1. The van der Waals surface area contributed by atoms with Gasteiger partial charge in [0.2, 0.25) is 5.78 Å². The number of hydrogen-bond acceptors (Lipinski definition) is 6. The summed E-state index contributed by atoms with van der Waals surface area (Å²) in [5.74, 6) is 1.35. The van der Waals surface area contributed by atoms with Crippen LogP contribution in [0.3, 0.4) is 0 Å². The number of nitrogens with one attached hydrogen (secondary N) is 1. The molecule has 4 rings (SSSR count). The number of likely N-dealkylation sites (N-methyl/N-ethyl adjacent to an activating group) is 1. The molecule has 0 bridgehead atoms. The zero-order valence-corrected chi connectivity index (χ0v) is 18.2. The number of carbonyl (C=O) groups excluding carboxylic acids is 1. The summed E-state index contributed by atoms with van der Waals surface area (Å²) in [6.07, 6.45) is 1.64. The lowest BCUT2D eigenvalue weighted by atomic mass is 10.0. The SMILES string of the molecule is CCN1CC[NH+](Cc2c([O-])ccc3c2O/C(=C\c2cccc(OC)c2OC)C3=O)CC1. The van der Waals surface area contributed by atoms with Crippen LogP contribution in [0.2, 0.25) is 0 Å². The minimum absolute atomic E-state index is 0.0859. The van der Waals surface area contributed by atoms with E-state index < -0.39 is 0 Å². The molecule has 7 heteroatoms. The summed E-state index contributed by atoms with van der Waals surface area (Å²) in [5, 5.41) is 12.7. The number of benzene rings is 2. The molecule has 2 heterocycles. The van der Waals surface area contributed by atoms with Crippen LogP contribution in [0, 0.1) is 0 Å². The van der Waals surface area contributed by atoms with Gasteiger partial charge in [0.05, 0.1) is 32.9 Å². The summed E-state index contributed by atoms with van der Waals surface area (Å²) < 4.78 is 16.8. The number of carbonyl (C=O) groups is 1. The third kappa shape index (κ3) is 4.11. The average molecular weight is 424 g/mol. The van der Waals surface area contributed by atoms with Crippen molar-refractivity contribution >= 4 is 11.9 Å². The number of Topliss-reactive ketones (excluding diaryl/α,β-unsaturated/α-hetero) is 1. The van der Waals surface area contributed by atoms with Crippen LogP contribution in [0.25, 0.3) is 6.08 Å². The summed E-state index contributed by atoms with van der Waals surface area (Å²) in [4.78, 5) is 16.7. The number of hydrogen-bond donors (Lipinski definition) is 1. The Morgan fingerprint density at radius 2 is 1.94 bits per heavy atom. The number of piperazine rings is 1. The Balaban J connectivity index is 1.62. The molecule has 1 fully saturated rings. The number of allylic oxidation sites excluding steroid dienone is 1. The normalized spacial score (nSPS) is 18.2. The Morgan fingerprint density at radius 3 is 2.61 bits per heavy atom. The van der Waals surface area contributed by atoms with E-state index in [9.17, 15) is 9.90 Å². The second kappa shape index (κ2) is 8.99. The van der Waals surface area contributed by atoms with Gasteiger partial charge in [-0.1, -0.05) is 30.9 Å². The lowest BCUT2D eigenvalue weighted by Crippen LogP contribution is -3.13. The zero-order chi connectivity index (χ0) is 22.0. The molecule has 0 aliphatic carbocycles. The van der Waals surface area contributed by atoms with Gasteiger partial charge in [0.25, 0.3) is 0 Å². The van der Waals surface area contributed by atoms with Gasteiger partial charge in [0, 0.05) is 24.2 Å². The molecule has 1 saturated heterocycles. The number of methoxy groups -OCH3 is 2. The van der Waals surface area contributed by atoms with Crippen LogP contribution in [0.5, 0.6) is 23.0 Å². The molecule has 1 N–H and O–H groups in total. The van der Waals surface area contributed by atoms with E-state index in [2.05, 4.69) is 11.8 Å². The van der Waals surface area contributed by atoms with E-state index in [4.69, 9.17) is 14.2 Å². The van der Waals surface area contributed by atoms with Crippen molar-refractivity contribution in [2.75, 3.05) is 46.9 Å². The van der Waals surface area contributed by atoms with Crippen molar-refractivity contribution in [1.29, 1.82) is 0 Å². The number of nitrogens with zero attached hydrogens (tertiary/aromatic N) is 1. The smallest absolute Gasteiger partial charge is 0.231 e. The fourth-order valence-corrected chi connectivity index (χ4v) is 4.24. The minimum atomic E-state index is -0.230. The molecule has 31 heavy (non-hydrogen) atoms. The van der Waals surface area contributed by atoms with E-state index >= 15 is 0 Å². The van der Waals surface area contributed by atoms with Crippen molar-refractivity contribution < 1.29 is 29.0 Å². The molecular weight excluding hydrogens is 396 g/mol. The third-order valence-electron chi connectivity index (χ3n) is 6.06. The van der Waals surface area contributed by atoms with Crippen molar-refractivity contribution in [3.63, 3.8) is 0 Å². The Morgan fingerprint density at radius 1 is 1.16 bits per heavy atom. The van der Waals surface area contributed by atoms with E-state index in [0.29, 0.717) is 40.5 Å². The lowest BCUT2D eigenvalue weighted by Gasteiger charge is -2.32. The van der Waals surface area contributed by atoms with Crippen molar-refractivity contribution in [1.82, 2.24) is 4.90 Å². The van der Waals surface area contributed by atoms with Gasteiger partial charge in [0.15, 0.2) is 17.3 Å². The maximum atomic E-state index is 13.0. The Bertz CT molecular complexity index is 1010. The molecule has 2 aromatic rings. The quantitative estimate of drug-likeness (QED) is 0.701. The largest absolute Gasteiger partial charge is 0.872 e. The molecule has 0 unspecified atom stereocenters. The first-order valence-electron chi connectivity index (χ1n) is 10.6. The van der Waals surface area contributed by atoms with Crippen molar-refractivity contribution in [3.05, 3.63) is 52.8 Å². The molecule has 0 radical (unpaired) electrons. The van der Waals surface area contributed by atoms with Gasteiger partial charge >= 0.3 is 0 Å². The van der Waals surface area contributed by atoms with E-state index in [1.165, 1.54) is 11.0 Å². The van der Waals surface area contributed by atoms with Crippen molar-refractivity contribution in [3.8, 4) is 23.0 Å². The summed E-state index contributed by atoms with van der Waals surface area (Å²) in [6.45, 7) is 7.72.